The number of carbonyl (C=O) groups excluding carboxylic acids is 1. The van der Waals surface area contributed by atoms with Crippen molar-refractivity contribution in [1.29, 1.82) is 0 Å². The van der Waals surface area contributed by atoms with Gasteiger partial charge in [-0.15, -0.1) is 11.3 Å². The number of nitrogens with one attached hydrogen (secondary N) is 1. The van der Waals surface area contributed by atoms with Gasteiger partial charge in [0.2, 0.25) is 0 Å². The zero-order chi connectivity index (χ0) is 14.5. The summed E-state index contributed by atoms with van der Waals surface area (Å²) in [5, 5.41) is 13.6. The van der Waals surface area contributed by atoms with Crippen LogP contribution in [0.4, 0.5) is 5.00 Å². The number of carbonyl (C=O) groups is 2. The number of hydrogen-bond acceptors (Lipinski definition) is 4. The molecule has 0 fully saturated rings. The number of amides is 1. The van der Waals surface area contributed by atoms with E-state index in [4.69, 9.17) is 9.84 Å². The van der Waals surface area contributed by atoms with E-state index in [1.54, 1.807) is 30.7 Å². The lowest BCUT2D eigenvalue weighted by Crippen LogP contribution is -2.13. The zero-order valence-electron chi connectivity index (χ0n) is 10.8. The molecule has 1 amide bonds. The molecule has 1 aromatic heterocycles. The average molecular weight is 291 g/mol. The molecule has 0 spiro atoms. The molecule has 5 nitrogen and oxygen atoms in total. The number of anilines is 1. The molecule has 2 rings (SSSR count). The maximum absolute atomic E-state index is 12.1. The molecule has 20 heavy (non-hydrogen) atoms. The van der Waals surface area contributed by atoms with Crippen molar-refractivity contribution in [2.24, 2.45) is 0 Å². The van der Waals surface area contributed by atoms with Crippen molar-refractivity contribution in [2.45, 2.75) is 6.61 Å². The molecule has 2 aromatic rings. The number of hydrogen-bond donors (Lipinski definition) is 2. The van der Waals surface area contributed by atoms with Crippen molar-refractivity contribution in [1.82, 2.24) is 0 Å². The maximum Gasteiger partial charge on any atom is 0.338 e. The molecule has 0 unspecified atom stereocenters. The van der Waals surface area contributed by atoms with Crippen molar-refractivity contribution in [2.75, 3.05) is 12.4 Å². The van der Waals surface area contributed by atoms with Crippen LogP contribution in [0, 0.1) is 0 Å². The predicted octanol–water partition coefficient (Wildman–Crippen LogP) is 2.85. The van der Waals surface area contributed by atoms with Crippen LogP contribution in [0.2, 0.25) is 0 Å². The summed E-state index contributed by atoms with van der Waals surface area (Å²) >= 11 is 1.18. The number of benzene rings is 1. The van der Waals surface area contributed by atoms with E-state index in [1.807, 2.05) is 6.07 Å². The summed E-state index contributed by atoms with van der Waals surface area (Å²) in [6, 6.07) is 8.46. The number of aromatic carboxylic acids is 1. The minimum atomic E-state index is -1.06. The Morgan fingerprint density at radius 3 is 2.85 bits per heavy atom. The second kappa shape index (κ2) is 6.31. The lowest BCUT2D eigenvalue weighted by Gasteiger charge is -2.06. The van der Waals surface area contributed by atoms with Gasteiger partial charge in [-0.2, -0.15) is 0 Å². The molecule has 0 radical (unpaired) electrons. The van der Waals surface area contributed by atoms with Gasteiger partial charge < -0.3 is 15.2 Å². The SMILES string of the molecule is COCc1cccc(C(=O)Nc2sccc2C(=O)O)c1. The van der Waals surface area contributed by atoms with Crippen molar-refractivity contribution in [3.05, 3.63) is 52.4 Å². The van der Waals surface area contributed by atoms with Crippen LogP contribution in [0.1, 0.15) is 26.3 Å². The largest absolute Gasteiger partial charge is 0.478 e. The van der Waals surface area contributed by atoms with Crippen molar-refractivity contribution < 1.29 is 19.4 Å². The van der Waals surface area contributed by atoms with Crippen LogP contribution in [0.5, 0.6) is 0 Å². The number of thiophene rings is 1. The Morgan fingerprint density at radius 1 is 1.35 bits per heavy atom. The third-order valence-corrected chi connectivity index (χ3v) is 3.45. The monoisotopic (exact) mass is 291 g/mol. The van der Waals surface area contributed by atoms with Crippen molar-refractivity contribution in [3.63, 3.8) is 0 Å². The minimum absolute atomic E-state index is 0.0939. The normalized spacial score (nSPS) is 10.2. The van der Waals surface area contributed by atoms with Gasteiger partial charge >= 0.3 is 5.97 Å². The fourth-order valence-corrected chi connectivity index (χ4v) is 2.49. The Morgan fingerprint density at radius 2 is 2.15 bits per heavy atom. The highest BCUT2D eigenvalue weighted by atomic mass is 32.1. The molecule has 0 aliphatic rings. The Balaban J connectivity index is 2.17. The summed E-state index contributed by atoms with van der Waals surface area (Å²) in [6.45, 7) is 0.417. The molecule has 1 heterocycles. The third kappa shape index (κ3) is 3.23. The van der Waals surface area contributed by atoms with Crippen LogP contribution in [-0.4, -0.2) is 24.1 Å². The standard InChI is InChI=1S/C14H13NO4S/c1-19-8-9-3-2-4-10(7-9)12(16)15-13-11(14(17)18)5-6-20-13/h2-7H,8H2,1H3,(H,15,16)(H,17,18). The number of carboxylic acid groups (broad SMARTS) is 1. The van der Waals surface area contributed by atoms with Crippen LogP contribution in [0.3, 0.4) is 0 Å². The molecular formula is C14H13NO4S. The van der Waals surface area contributed by atoms with Gasteiger partial charge in [-0.3, -0.25) is 4.79 Å². The van der Waals surface area contributed by atoms with Crippen molar-refractivity contribution >= 4 is 28.2 Å². The van der Waals surface area contributed by atoms with Gasteiger partial charge in [0.15, 0.2) is 0 Å². The molecule has 0 bridgehead atoms. The molecular weight excluding hydrogens is 278 g/mol. The molecule has 104 valence electrons. The van der Waals surface area contributed by atoms with Crippen molar-refractivity contribution in [3.8, 4) is 0 Å². The van der Waals surface area contributed by atoms with Crippen LogP contribution in [-0.2, 0) is 11.3 Å². The predicted molar refractivity (Wildman–Crippen MR) is 76.4 cm³/mol. The summed E-state index contributed by atoms with van der Waals surface area (Å²) in [6.07, 6.45) is 0. The maximum atomic E-state index is 12.1. The van der Waals surface area contributed by atoms with E-state index in [0.717, 1.165) is 5.56 Å². The van der Waals surface area contributed by atoms with Gasteiger partial charge in [0.25, 0.3) is 5.91 Å². The fraction of sp³-hybridized carbons (Fsp3) is 0.143. The van der Waals surface area contributed by atoms with E-state index < -0.39 is 5.97 Å². The van der Waals surface area contributed by atoms with Gasteiger partial charge in [-0.25, -0.2) is 4.79 Å². The lowest BCUT2D eigenvalue weighted by molar-refractivity contribution is 0.0698. The van der Waals surface area contributed by atoms with Crippen LogP contribution in [0.15, 0.2) is 35.7 Å². The summed E-state index contributed by atoms with van der Waals surface area (Å²) in [4.78, 5) is 23.1. The first-order chi connectivity index (χ1) is 9.61. The molecule has 0 atom stereocenters. The second-order valence-corrected chi connectivity index (χ2v) is 4.97. The number of carboxylic acids is 1. The van der Waals surface area contributed by atoms with E-state index in [-0.39, 0.29) is 11.5 Å². The number of ether oxygens (including phenoxy) is 1. The Labute approximate surface area is 119 Å². The first kappa shape index (κ1) is 14.2. The third-order valence-electron chi connectivity index (χ3n) is 2.62. The Kier molecular flexibility index (Phi) is 4.49. The Bertz CT molecular complexity index is 636. The molecule has 1 aromatic carbocycles. The highest BCUT2D eigenvalue weighted by molar-refractivity contribution is 7.14. The molecule has 0 saturated heterocycles. The van der Waals surface area contributed by atoms with Crippen LogP contribution in [0.25, 0.3) is 0 Å². The zero-order valence-corrected chi connectivity index (χ0v) is 11.6. The van der Waals surface area contributed by atoms with E-state index in [1.165, 1.54) is 17.4 Å². The van der Waals surface area contributed by atoms with Crippen LogP contribution < -0.4 is 5.32 Å². The Hall–Kier alpha value is -2.18. The lowest BCUT2D eigenvalue weighted by atomic mass is 10.1. The highest BCUT2D eigenvalue weighted by Crippen LogP contribution is 2.23. The summed E-state index contributed by atoms with van der Waals surface area (Å²) in [5.74, 6) is -1.40. The molecule has 2 N–H and O–H groups in total. The van der Waals surface area contributed by atoms with Crippen LogP contribution >= 0.6 is 11.3 Å². The summed E-state index contributed by atoms with van der Waals surface area (Å²) in [5.41, 5.74) is 1.44. The second-order valence-electron chi connectivity index (χ2n) is 4.06. The average Bonchev–Trinajstić information content (AvgIpc) is 2.88. The minimum Gasteiger partial charge on any atom is -0.478 e. The van der Waals surface area contributed by atoms with Gasteiger partial charge in [-0.1, -0.05) is 12.1 Å². The van der Waals surface area contributed by atoms with E-state index in [0.29, 0.717) is 17.2 Å². The fourth-order valence-electron chi connectivity index (χ4n) is 1.72. The smallest absolute Gasteiger partial charge is 0.338 e. The number of methoxy groups -OCH3 is 1. The first-order valence-corrected chi connectivity index (χ1v) is 6.70. The summed E-state index contributed by atoms with van der Waals surface area (Å²) < 4.78 is 5.01. The molecule has 6 heteroatoms. The van der Waals surface area contributed by atoms with E-state index in [9.17, 15) is 9.59 Å². The van der Waals surface area contributed by atoms with Gasteiger partial charge in [0.1, 0.15) is 5.00 Å². The molecule has 0 aliphatic heterocycles. The highest BCUT2D eigenvalue weighted by Gasteiger charge is 2.15. The van der Waals surface area contributed by atoms with Gasteiger partial charge in [0.05, 0.1) is 12.2 Å². The first-order valence-electron chi connectivity index (χ1n) is 5.82. The topological polar surface area (TPSA) is 75.6 Å². The number of rotatable bonds is 5. The molecule has 0 aliphatic carbocycles. The van der Waals surface area contributed by atoms with E-state index in [2.05, 4.69) is 5.32 Å². The van der Waals surface area contributed by atoms with E-state index >= 15 is 0 Å². The quantitative estimate of drug-likeness (QED) is 0.888. The molecule has 0 saturated carbocycles. The van der Waals surface area contributed by atoms with Gasteiger partial charge in [-0.05, 0) is 29.1 Å². The summed E-state index contributed by atoms with van der Waals surface area (Å²) in [7, 11) is 1.58. The van der Waals surface area contributed by atoms with Gasteiger partial charge in [0, 0.05) is 12.7 Å².